The van der Waals surface area contributed by atoms with Crippen LogP contribution in [0.4, 0.5) is 5.69 Å². The molecule has 162 valence electrons. The van der Waals surface area contributed by atoms with Gasteiger partial charge in [-0.15, -0.1) is 0 Å². The molecule has 3 aromatic rings. The number of fused-ring (bicyclic) bond motifs is 1. The van der Waals surface area contributed by atoms with Crippen molar-refractivity contribution >= 4 is 32.5 Å². The fourth-order valence-electron chi connectivity index (χ4n) is 3.99. The molecule has 9 nitrogen and oxygen atoms in total. The molecule has 0 N–H and O–H groups in total. The second kappa shape index (κ2) is 8.12. The lowest BCUT2D eigenvalue weighted by atomic mass is 10.2. The van der Waals surface area contributed by atoms with Crippen LogP contribution in [-0.2, 0) is 16.6 Å². The molecule has 2 aromatic carbocycles. The van der Waals surface area contributed by atoms with Crippen molar-refractivity contribution in [3.05, 3.63) is 70.4 Å². The molecule has 1 aliphatic heterocycles. The lowest BCUT2D eigenvalue weighted by Gasteiger charge is -2.34. The number of sulfonamides is 1. The average Bonchev–Trinajstić information content (AvgIpc) is 3.17. The van der Waals surface area contributed by atoms with Crippen LogP contribution in [0.1, 0.15) is 17.4 Å². The van der Waals surface area contributed by atoms with Crippen LogP contribution >= 0.6 is 0 Å². The number of rotatable bonds is 5. The van der Waals surface area contributed by atoms with Gasteiger partial charge in [-0.2, -0.15) is 4.31 Å². The second-order valence-electron chi connectivity index (χ2n) is 7.25. The Labute approximate surface area is 179 Å². The van der Waals surface area contributed by atoms with Crippen molar-refractivity contribution in [2.75, 3.05) is 26.2 Å². The molecule has 1 amide bonds. The number of para-hydroxylation sites is 2. The highest BCUT2D eigenvalue weighted by molar-refractivity contribution is 7.89. The van der Waals surface area contributed by atoms with Gasteiger partial charge in [0.15, 0.2) is 4.90 Å². The number of hydrogen-bond acceptors (Lipinski definition) is 5. The van der Waals surface area contributed by atoms with E-state index in [1.807, 2.05) is 41.8 Å². The molecule has 4 rings (SSSR count). The van der Waals surface area contributed by atoms with Crippen molar-refractivity contribution in [2.45, 2.75) is 18.4 Å². The van der Waals surface area contributed by atoms with Crippen LogP contribution in [0.15, 0.2) is 59.5 Å². The van der Waals surface area contributed by atoms with Crippen molar-refractivity contribution in [3.8, 4) is 0 Å². The van der Waals surface area contributed by atoms with Crippen LogP contribution in [0.2, 0.25) is 0 Å². The summed E-state index contributed by atoms with van der Waals surface area (Å²) in [6, 6.07) is 14.9. The summed E-state index contributed by atoms with van der Waals surface area (Å²) >= 11 is 0. The first-order valence-corrected chi connectivity index (χ1v) is 11.4. The maximum atomic E-state index is 13.2. The summed E-state index contributed by atoms with van der Waals surface area (Å²) in [7, 11) is -4.04. The van der Waals surface area contributed by atoms with Crippen LogP contribution in [0.3, 0.4) is 0 Å². The van der Waals surface area contributed by atoms with Crippen molar-refractivity contribution in [2.24, 2.45) is 0 Å². The van der Waals surface area contributed by atoms with Crippen LogP contribution in [0.5, 0.6) is 0 Å². The number of nitro groups is 1. The predicted molar refractivity (Wildman–Crippen MR) is 115 cm³/mol. The Balaban J connectivity index is 1.54. The summed E-state index contributed by atoms with van der Waals surface area (Å²) in [5, 5.41) is 12.2. The second-order valence-corrected chi connectivity index (χ2v) is 9.16. The Morgan fingerprint density at radius 1 is 1.03 bits per heavy atom. The highest BCUT2D eigenvalue weighted by atomic mass is 32.2. The highest BCUT2D eigenvalue weighted by Crippen LogP contribution is 2.27. The molecule has 0 atom stereocenters. The van der Waals surface area contributed by atoms with Gasteiger partial charge in [0.1, 0.15) is 5.69 Å². The van der Waals surface area contributed by atoms with Gasteiger partial charge >= 0.3 is 0 Å². The molecule has 0 radical (unpaired) electrons. The van der Waals surface area contributed by atoms with Gasteiger partial charge in [-0.3, -0.25) is 14.9 Å². The minimum absolute atomic E-state index is 0.0759. The normalized spacial score (nSPS) is 15.3. The number of hydrogen-bond donors (Lipinski definition) is 0. The molecule has 0 aliphatic carbocycles. The molecular weight excluding hydrogens is 420 g/mol. The molecule has 1 aliphatic rings. The first-order valence-electron chi connectivity index (χ1n) is 9.95. The SMILES string of the molecule is CCn1c(C(=O)N2CCN(S(=O)(=O)c3ccccc3[N+](=O)[O-])CC2)cc2ccccc21. The quantitative estimate of drug-likeness (QED) is 0.446. The monoisotopic (exact) mass is 442 g/mol. The van der Waals surface area contributed by atoms with E-state index in [0.717, 1.165) is 10.9 Å². The average molecular weight is 442 g/mol. The minimum Gasteiger partial charge on any atom is -0.337 e. The molecule has 0 bridgehead atoms. The number of carbonyl (C=O) groups is 1. The standard InChI is InChI=1S/C21H22N4O5S/c1-2-24-17-8-4-3-7-16(17)15-19(24)21(26)22-11-13-23(14-12-22)31(29,30)20-10-6-5-9-18(20)25(27)28/h3-10,15H,2,11-14H2,1H3. The Morgan fingerprint density at radius 3 is 2.35 bits per heavy atom. The number of benzene rings is 2. The van der Waals surface area contributed by atoms with Crippen molar-refractivity contribution in [1.82, 2.24) is 13.8 Å². The predicted octanol–water partition coefficient (Wildman–Crippen LogP) is 2.72. The molecule has 31 heavy (non-hydrogen) atoms. The fourth-order valence-corrected chi connectivity index (χ4v) is 5.57. The van der Waals surface area contributed by atoms with Crippen molar-refractivity contribution < 1.29 is 18.1 Å². The van der Waals surface area contributed by atoms with Gasteiger partial charge in [0.25, 0.3) is 11.6 Å². The van der Waals surface area contributed by atoms with E-state index in [1.165, 1.54) is 28.6 Å². The maximum absolute atomic E-state index is 13.2. The minimum atomic E-state index is -4.04. The summed E-state index contributed by atoms with van der Waals surface area (Å²) in [5.74, 6) is -0.152. The molecule has 1 aromatic heterocycles. The van der Waals surface area contributed by atoms with Gasteiger partial charge in [-0.05, 0) is 25.1 Å². The van der Waals surface area contributed by atoms with E-state index in [9.17, 15) is 23.3 Å². The van der Waals surface area contributed by atoms with E-state index < -0.39 is 20.6 Å². The first-order chi connectivity index (χ1) is 14.8. The van der Waals surface area contributed by atoms with E-state index in [0.29, 0.717) is 12.2 Å². The first kappa shape index (κ1) is 21.0. The van der Waals surface area contributed by atoms with Gasteiger partial charge in [0, 0.05) is 49.7 Å². The molecule has 1 fully saturated rings. The smallest absolute Gasteiger partial charge is 0.289 e. The van der Waals surface area contributed by atoms with Gasteiger partial charge in [0.05, 0.1) is 4.92 Å². The van der Waals surface area contributed by atoms with E-state index in [-0.39, 0.29) is 37.0 Å². The summed E-state index contributed by atoms with van der Waals surface area (Å²) < 4.78 is 29.1. The zero-order chi connectivity index (χ0) is 22.2. The van der Waals surface area contributed by atoms with Crippen LogP contribution in [0, 0.1) is 10.1 Å². The molecule has 0 spiro atoms. The number of aromatic nitrogens is 1. The Hall–Kier alpha value is -3.24. The van der Waals surface area contributed by atoms with E-state index >= 15 is 0 Å². The van der Waals surface area contributed by atoms with Crippen LogP contribution in [0.25, 0.3) is 10.9 Å². The van der Waals surface area contributed by atoms with Gasteiger partial charge in [0.2, 0.25) is 10.0 Å². The topological polar surface area (TPSA) is 106 Å². The lowest BCUT2D eigenvalue weighted by Crippen LogP contribution is -2.50. The number of carbonyl (C=O) groups excluding carboxylic acids is 1. The van der Waals surface area contributed by atoms with Crippen molar-refractivity contribution in [1.29, 1.82) is 0 Å². The number of nitrogens with zero attached hydrogens (tertiary/aromatic N) is 4. The zero-order valence-electron chi connectivity index (χ0n) is 17.0. The van der Waals surface area contributed by atoms with Gasteiger partial charge < -0.3 is 9.47 Å². The molecule has 1 saturated heterocycles. The summed E-state index contributed by atoms with van der Waals surface area (Å²) in [6.07, 6.45) is 0. The van der Waals surface area contributed by atoms with Gasteiger partial charge in [-0.25, -0.2) is 8.42 Å². The molecule has 10 heteroatoms. The lowest BCUT2D eigenvalue weighted by molar-refractivity contribution is -0.387. The van der Waals surface area contributed by atoms with E-state index in [4.69, 9.17) is 0 Å². The number of nitro benzene ring substituents is 1. The largest absolute Gasteiger partial charge is 0.337 e. The number of amides is 1. The number of piperazine rings is 1. The third kappa shape index (κ3) is 3.68. The van der Waals surface area contributed by atoms with E-state index in [2.05, 4.69) is 0 Å². The fraction of sp³-hybridized carbons (Fsp3) is 0.286. The van der Waals surface area contributed by atoms with Crippen LogP contribution in [-0.4, -0.2) is 59.2 Å². The molecular formula is C21H22N4O5S. The van der Waals surface area contributed by atoms with Crippen LogP contribution < -0.4 is 0 Å². The highest BCUT2D eigenvalue weighted by Gasteiger charge is 2.35. The Morgan fingerprint density at radius 2 is 1.68 bits per heavy atom. The summed E-state index contributed by atoms with van der Waals surface area (Å²) in [5.41, 5.74) is 1.10. The number of aryl methyl sites for hydroxylation is 1. The molecule has 0 unspecified atom stereocenters. The Bertz CT molecular complexity index is 1260. The molecule has 0 saturated carbocycles. The Kier molecular flexibility index (Phi) is 5.50. The van der Waals surface area contributed by atoms with Gasteiger partial charge in [-0.1, -0.05) is 30.3 Å². The summed E-state index contributed by atoms with van der Waals surface area (Å²) in [6.45, 7) is 3.19. The maximum Gasteiger partial charge on any atom is 0.289 e. The summed E-state index contributed by atoms with van der Waals surface area (Å²) in [4.78, 5) is 25.0. The molecule has 2 heterocycles. The van der Waals surface area contributed by atoms with Crippen molar-refractivity contribution in [3.63, 3.8) is 0 Å². The third-order valence-corrected chi connectivity index (χ3v) is 7.50. The van der Waals surface area contributed by atoms with E-state index in [1.54, 1.807) is 4.90 Å². The zero-order valence-corrected chi connectivity index (χ0v) is 17.8. The third-order valence-electron chi connectivity index (χ3n) is 5.55.